The van der Waals surface area contributed by atoms with Crippen LogP contribution in [0.15, 0.2) is 24.4 Å². The second-order valence-corrected chi connectivity index (χ2v) is 6.17. The number of aromatic nitrogens is 1. The Balaban J connectivity index is 1.82. The van der Waals surface area contributed by atoms with Gasteiger partial charge in [0.15, 0.2) is 6.19 Å². The molecule has 3 atom stereocenters. The number of nitriles is 1. The summed E-state index contributed by atoms with van der Waals surface area (Å²) in [7, 11) is 1.41. The number of carbonyl (C=O) groups excluding carboxylic acids is 1. The topological polar surface area (TPSA) is 69.1 Å². The van der Waals surface area contributed by atoms with Gasteiger partial charge in [0.1, 0.15) is 0 Å². The van der Waals surface area contributed by atoms with Crippen molar-refractivity contribution < 1.29 is 9.53 Å². The summed E-state index contributed by atoms with van der Waals surface area (Å²) in [5, 5.41) is 10.8. The summed E-state index contributed by atoms with van der Waals surface area (Å²) in [5.74, 6) is -0.253. The van der Waals surface area contributed by atoms with Crippen LogP contribution in [0.5, 0.6) is 0 Å². The molecule has 1 N–H and O–H groups in total. The van der Waals surface area contributed by atoms with Crippen LogP contribution in [0.4, 0.5) is 0 Å². The molecule has 1 aliphatic carbocycles. The molecule has 1 fully saturated rings. The molecule has 5 heteroatoms. The van der Waals surface area contributed by atoms with Crippen molar-refractivity contribution in [3.63, 3.8) is 0 Å². The molecule has 22 heavy (non-hydrogen) atoms. The number of nitrogens with zero attached hydrogens (tertiary/aromatic N) is 2. The van der Waals surface area contributed by atoms with Crippen LogP contribution >= 0.6 is 0 Å². The summed E-state index contributed by atoms with van der Waals surface area (Å²) in [6, 6.07) is 6.38. The lowest BCUT2D eigenvalue weighted by Gasteiger charge is -2.43. The number of likely N-dealkylation sites (tertiary alicyclic amines) is 1. The third-order valence-corrected chi connectivity index (χ3v) is 5.13. The van der Waals surface area contributed by atoms with E-state index >= 15 is 0 Å². The van der Waals surface area contributed by atoms with Crippen LogP contribution in [-0.2, 0) is 16.0 Å². The van der Waals surface area contributed by atoms with Gasteiger partial charge in [-0.3, -0.25) is 4.79 Å². The number of piperidine rings is 1. The Labute approximate surface area is 128 Å². The van der Waals surface area contributed by atoms with Gasteiger partial charge < -0.3 is 14.6 Å². The number of methoxy groups -OCH3 is 1. The Hall–Kier alpha value is -2.48. The Morgan fingerprint density at radius 3 is 3.14 bits per heavy atom. The van der Waals surface area contributed by atoms with E-state index in [-0.39, 0.29) is 23.8 Å². The molecule has 0 spiro atoms. The number of esters is 1. The summed E-state index contributed by atoms with van der Waals surface area (Å²) in [4.78, 5) is 17.1. The van der Waals surface area contributed by atoms with Crippen LogP contribution in [0.25, 0.3) is 10.9 Å². The first-order valence-corrected chi connectivity index (χ1v) is 7.56. The molecule has 2 aromatic rings. The van der Waals surface area contributed by atoms with Crippen LogP contribution in [0.1, 0.15) is 23.5 Å². The lowest BCUT2D eigenvalue weighted by atomic mass is 9.72. The summed E-state index contributed by atoms with van der Waals surface area (Å²) in [6.45, 7) is 0.458. The Morgan fingerprint density at radius 1 is 1.50 bits per heavy atom. The fourth-order valence-corrected chi connectivity index (χ4v) is 4.15. The van der Waals surface area contributed by atoms with Gasteiger partial charge in [-0.15, -0.1) is 0 Å². The number of H-pyrrole nitrogens is 1. The van der Waals surface area contributed by atoms with E-state index in [4.69, 9.17) is 4.74 Å². The van der Waals surface area contributed by atoms with E-state index < -0.39 is 0 Å². The van der Waals surface area contributed by atoms with E-state index in [0.29, 0.717) is 6.54 Å². The fraction of sp³-hybridized carbons (Fsp3) is 0.412. The molecule has 0 amide bonds. The monoisotopic (exact) mass is 295 g/mol. The van der Waals surface area contributed by atoms with Gasteiger partial charge in [0.05, 0.1) is 19.1 Å². The quantitative estimate of drug-likeness (QED) is 0.646. The maximum absolute atomic E-state index is 12.0. The highest BCUT2D eigenvalue weighted by molar-refractivity contribution is 5.88. The van der Waals surface area contributed by atoms with Crippen molar-refractivity contribution in [2.24, 2.45) is 5.92 Å². The molecular weight excluding hydrogens is 278 g/mol. The van der Waals surface area contributed by atoms with Gasteiger partial charge in [0.2, 0.25) is 0 Å². The van der Waals surface area contributed by atoms with Crippen LogP contribution in [0.3, 0.4) is 0 Å². The molecule has 4 rings (SSSR count). The summed E-state index contributed by atoms with van der Waals surface area (Å²) in [6.07, 6.45) is 5.93. The first-order valence-electron chi connectivity index (χ1n) is 7.56. The molecule has 5 nitrogen and oxygen atoms in total. The molecule has 0 bridgehead atoms. The molecule has 0 saturated carbocycles. The smallest absolute Gasteiger partial charge is 0.310 e. The highest BCUT2D eigenvalue weighted by Gasteiger charge is 2.43. The number of ether oxygens (including phenoxy) is 1. The third kappa shape index (κ3) is 1.73. The van der Waals surface area contributed by atoms with Crippen molar-refractivity contribution in [1.29, 1.82) is 5.26 Å². The number of benzene rings is 1. The zero-order chi connectivity index (χ0) is 15.3. The van der Waals surface area contributed by atoms with Gasteiger partial charge in [-0.1, -0.05) is 12.1 Å². The van der Waals surface area contributed by atoms with Gasteiger partial charge in [0.25, 0.3) is 0 Å². The highest BCUT2D eigenvalue weighted by Crippen LogP contribution is 2.44. The average molecular weight is 295 g/mol. The number of aromatic amines is 1. The molecule has 2 aliphatic rings. The second-order valence-electron chi connectivity index (χ2n) is 6.17. The molecule has 2 heterocycles. The molecular formula is C17H17N3O2. The predicted molar refractivity (Wildman–Crippen MR) is 81.0 cm³/mol. The van der Waals surface area contributed by atoms with Gasteiger partial charge in [-0.2, -0.15) is 5.26 Å². The van der Waals surface area contributed by atoms with E-state index in [1.807, 2.05) is 12.3 Å². The molecule has 1 aliphatic heterocycles. The van der Waals surface area contributed by atoms with Crippen molar-refractivity contribution in [2.45, 2.75) is 24.8 Å². The average Bonchev–Trinajstić information content (AvgIpc) is 2.98. The predicted octanol–water partition coefficient (Wildman–Crippen LogP) is 2.15. The lowest BCUT2D eigenvalue weighted by molar-refractivity contribution is -0.147. The number of hydrogen-bond donors (Lipinski definition) is 1. The van der Waals surface area contributed by atoms with Crippen molar-refractivity contribution in [2.75, 3.05) is 13.7 Å². The largest absolute Gasteiger partial charge is 0.469 e. The molecule has 0 unspecified atom stereocenters. The van der Waals surface area contributed by atoms with Crippen LogP contribution in [-0.4, -0.2) is 35.5 Å². The Kier molecular flexibility index (Phi) is 2.86. The highest BCUT2D eigenvalue weighted by atomic mass is 16.5. The van der Waals surface area contributed by atoms with Crippen molar-refractivity contribution in [3.8, 4) is 6.19 Å². The van der Waals surface area contributed by atoms with E-state index in [2.05, 4.69) is 23.3 Å². The lowest BCUT2D eigenvalue weighted by Crippen LogP contribution is -2.49. The third-order valence-electron chi connectivity index (χ3n) is 5.13. The maximum Gasteiger partial charge on any atom is 0.310 e. The maximum atomic E-state index is 12.0. The van der Waals surface area contributed by atoms with Crippen LogP contribution < -0.4 is 0 Å². The zero-order valence-corrected chi connectivity index (χ0v) is 12.4. The second kappa shape index (κ2) is 4.77. The number of nitrogens with one attached hydrogen (secondary N) is 1. The van der Waals surface area contributed by atoms with E-state index in [0.717, 1.165) is 18.4 Å². The number of hydrogen-bond acceptors (Lipinski definition) is 4. The van der Waals surface area contributed by atoms with Gasteiger partial charge in [-0.05, 0) is 30.0 Å². The summed E-state index contributed by atoms with van der Waals surface area (Å²) < 4.78 is 4.91. The van der Waals surface area contributed by atoms with Gasteiger partial charge in [-0.25, -0.2) is 0 Å². The molecule has 112 valence electrons. The minimum Gasteiger partial charge on any atom is -0.469 e. The molecule has 1 saturated heterocycles. The van der Waals surface area contributed by atoms with Crippen molar-refractivity contribution in [1.82, 2.24) is 9.88 Å². The number of carbonyl (C=O) groups is 1. The standard InChI is InChI=1S/C17H17N3O2/c1-22-17(21)11-5-13-12-3-2-4-14-16(12)10(7-19-14)6-15(13)20(8-11)9-18/h2-4,7,11,13,15,19H,5-6,8H2,1H3/t11-,13+,15+/m0/s1. The van der Waals surface area contributed by atoms with Crippen molar-refractivity contribution in [3.05, 3.63) is 35.5 Å². The number of rotatable bonds is 1. The van der Waals surface area contributed by atoms with Gasteiger partial charge in [0, 0.05) is 29.6 Å². The SMILES string of the molecule is COC(=O)[C@H]1C[C@@H]2c3cccc4[nH]cc(c34)C[C@H]2N(C#N)C1. The fourth-order valence-electron chi connectivity index (χ4n) is 4.15. The van der Waals surface area contributed by atoms with E-state index in [9.17, 15) is 10.1 Å². The van der Waals surface area contributed by atoms with E-state index in [1.54, 1.807) is 4.90 Å². The van der Waals surface area contributed by atoms with Crippen LogP contribution in [0.2, 0.25) is 0 Å². The first-order chi connectivity index (χ1) is 10.7. The first kappa shape index (κ1) is 13.2. The zero-order valence-electron chi connectivity index (χ0n) is 12.4. The van der Waals surface area contributed by atoms with Crippen molar-refractivity contribution >= 4 is 16.9 Å². The normalized spacial score (nSPS) is 26.4. The molecule has 0 radical (unpaired) electrons. The minimum absolute atomic E-state index is 0.139. The van der Waals surface area contributed by atoms with E-state index in [1.165, 1.54) is 23.6 Å². The van der Waals surface area contributed by atoms with Crippen LogP contribution in [0, 0.1) is 17.4 Å². The molecule has 1 aromatic carbocycles. The summed E-state index contributed by atoms with van der Waals surface area (Å²) >= 11 is 0. The summed E-state index contributed by atoms with van der Waals surface area (Å²) in [5.41, 5.74) is 3.65. The minimum atomic E-state index is -0.235. The van der Waals surface area contributed by atoms with Gasteiger partial charge >= 0.3 is 5.97 Å². The Bertz CT molecular complexity index is 789. The Morgan fingerprint density at radius 2 is 2.36 bits per heavy atom. The number of fused-ring (bicyclic) bond motifs is 2. The molecule has 1 aromatic heterocycles.